The minimum absolute atomic E-state index is 0. The fourth-order valence-electron chi connectivity index (χ4n) is 0.0295. The van der Waals surface area contributed by atoms with Gasteiger partial charge in [-0.2, -0.15) is 0 Å². The second kappa shape index (κ2) is 12.4. The minimum Gasteiger partial charge on any atom is -0.481 e. The number of hydrogen-bond donors (Lipinski definition) is 2. The van der Waals surface area contributed by atoms with Gasteiger partial charge >= 0.3 is 11.9 Å². The maximum atomic E-state index is 9.33. The SMILES string of the molecule is Br.CC(=O)O.O=C(O)CBr.O=C1CO1. The summed E-state index contributed by atoms with van der Waals surface area (Å²) in [7, 11) is 0. The van der Waals surface area contributed by atoms with Gasteiger partial charge in [-0.1, -0.05) is 15.9 Å². The van der Waals surface area contributed by atoms with Crippen LogP contribution in [0.5, 0.6) is 0 Å². The molecule has 0 bridgehead atoms. The van der Waals surface area contributed by atoms with Crippen LogP contribution >= 0.6 is 32.9 Å². The molecule has 1 rings (SSSR count). The maximum Gasteiger partial charge on any atom is 0.344 e. The highest BCUT2D eigenvalue weighted by Gasteiger charge is 2.15. The van der Waals surface area contributed by atoms with E-state index in [2.05, 4.69) is 20.7 Å². The Morgan fingerprint density at radius 2 is 1.64 bits per heavy atom. The number of carboxylic acids is 2. The molecule has 2 N–H and O–H groups in total. The van der Waals surface area contributed by atoms with Crippen LogP contribution in [0, 0.1) is 0 Å². The number of carboxylic acid groups (broad SMARTS) is 2. The molecule has 0 aromatic heterocycles. The number of hydrogen-bond acceptors (Lipinski definition) is 4. The Hall–Kier alpha value is -0.630. The molecule has 6 nitrogen and oxygen atoms in total. The van der Waals surface area contributed by atoms with E-state index in [4.69, 9.17) is 15.0 Å². The first kappa shape index (κ1) is 19.0. The highest BCUT2D eigenvalue weighted by molar-refractivity contribution is 9.09. The molecule has 84 valence electrons. The zero-order chi connectivity index (χ0) is 10.9. The summed E-state index contributed by atoms with van der Waals surface area (Å²) in [5, 5.41) is 15.1. The lowest BCUT2D eigenvalue weighted by molar-refractivity contribution is -0.135. The van der Waals surface area contributed by atoms with Gasteiger partial charge in [0.15, 0.2) is 6.61 Å². The van der Waals surface area contributed by atoms with Crippen molar-refractivity contribution in [3.05, 3.63) is 0 Å². The molecule has 14 heavy (non-hydrogen) atoms. The second-order valence-electron chi connectivity index (χ2n) is 1.71. The van der Waals surface area contributed by atoms with Gasteiger partial charge in [-0.05, 0) is 0 Å². The molecule has 0 amide bonds. The third-order valence-electron chi connectivity index (χ3n) is 0.377. The first-order chi connectivity index (χ1) is 5.90. The molecule has 0 saturated carbocycles. The van der Waals surface area contributed by atoms with Gasteiger partial charge in [-0.25, -0.2) is 4.79 Å². The van der Waals surface area contributed by atoms with E-state index in [9.17, 15) is 9.59 Å². The smallest absolute Gasteiger partial charge is 0.344 e. The summed E-state index contributed by atoms with van der Waals surface area (Å²) in [5.74, 6) is -1.75. The highest BCUT2D eigenvalue weighted by atomic mass is 79.9. The average Bonchev–Trinajstić information content (AvgIpc) is 2.71. The molecule has 1 heterocycles. The van der Waals surface area contributed by atoms with Crippen molar-refractivity contribution < 1.29 is 29.3 Å². The molecule has 0 aliphatic carbocycles. The van der Waals surface area contributed by atoms with E-state index >= 15 is 0 Å². The number of alkyl halides is 1. The van der Waals surface area contributed by atoms with Crippen LogP contribution in [0.2, 0.25) is 0 Å². The van der Waals surface area contributed by atoms with Gasteiger partial charge in [0.05, 0.1) is 0 Å². The van der Waals surface area contributed by atoms with Gasteiger partial charge < -0.3 is 14.9 Å². The predicted molar refractivity (Wildman–Crippen MR) is 56.0 cm³/mol. The third-order valence-corrected chi connectivity index (χ3v) is 0.856. The largest absolute Gasteiger partial charge is 0.481 e. The van der Waals surface area contributed by atoms with Crippen molar-refractivity contribution in [2.75, 3.05) is 11.9 Å². The molecule has 0 spiro atoms. The predicted octanol–water partition coefficient (Wildman–Crippen LogP) is 0.678. The van der Waals surface area contributed by atoms with Crippen LogP contribution in [0.25, 0.3) is 0 Å². The number of aliphatic carboxylic acids is 2. The molecule has 0 radical (unpaired) electrons. The van der Waals surface area contributed by atoms with Gasteiger partial charge in [0.2, 0.25) is 0 Å². The van der Waals surface area contributed by atoms with E-state index in [0.29, 0.717) is 6.61 Å². The number of epoxide rings is 1. The van der Waals surface area contributed by atoms with Gasteiger partial charge in [0.1, 0.15) is 5.33 Å². The van der Waals surface area contributed by atoms with Crippen LogP contribution < -0.4 is 0 Å². The Labute approximate surface area is 99.1 Å². The van der Waals surface area contributed by atoms with E-state index in [0.717, 1.165) is 6.92 Å². The Balaban J connectivity index is -0.000000126. The molecule has 1 aliphatic rings. The lowest BCUT2D eigenvalue weighted by Crippen LogP contribution is -1.92. The second-order valence-corrected chi connectivity index (χ2v) is 2.27. The van der Waals surface area contributed by atoms with Gasteiger partial charge in [-0.3, -0.25) is 9.59 Å². The number of carbonyl (C=O) groups excluding carboxylic acids is 1. The van der Waals surface area contributed by atoms with Crippen LogP contribution in [0.4, 0.5) is 0 Å². The monoisotopic (exact) mass is 336 g/mol. The van der Waals surface area contributed by atoms with Crippen molar-refractivity contribution in [3.8, 4) is 0 Å². The zero-order valence-corrected chi connectivity index (χ0v) is 10.5. The fourth-order valence-corrected chi connectivity index (χ4v) is 0.0295. The van der Waals surface area contributed by atoms with Crippen molar-refractivity contribution in [3.63, 3.8) is 0 Å². The van der Waals surface area contributed by atoms with E-state index in [1.54, 1.807) is 0 Å². The number of carbonyl (C=O) groups is 3. The highest BCUT2D eigenvalue weighted by Crippen LogP contribution is 1.90. The summed E-state index contributed by atoms with van der Waals surface area (Å²) < 4.78 is 4.07. The quantitative estimate of drug-likeness (QED) is 0.538. The van der Waals surface area contributed by atoms with Gasteiger partial charge in [0.25, 0.3) is 5.97 Å². The standard InChI is InChI=1S/C2H3BrO2.C2H2O2.C2H4O2.BrH/c3-1-2(4)5;3-2-1-4-2;1-2(3)4;/h1H2,(H,4,5);1H2;1H3,(H,3,4);1H. The summed E-state index contributed by atoms with van der Waals surface area (Å²) >= 11 is 2.71. The third kappa shape index (κ3) is 64.0. The van der Waals surface area contributed by atoms with Crippen LogP contribution in [0.15, 0.2) is 0 Å². The summed E-state index contributed by atoms with van der Waals surface area (Å²) in [6.07, 6.45) is 0. The Bertz CT molecular complexity index is 181. The maximum absolute atomic E-state index is 9.33. The van der Waals surface area contributed by atoms with E-state index in [-0.39, 0.29) is 28.3 Å². The summed E-state index contributed by atoms with van der Waals surface area (Å²) in [4.78, 5) is 27.7. The lowest BCUT2D eigenvalue weighted by Gasteiger charge is -1.70. The first-order valence-corrected chi connectivity index (χ1v) is 4.15. The van der Waals surface area contributed by atoms with Crippen LogP contribution in [0.1, 0.15) is 6.92 Å². The minimum atomic E-state index is -0.833. The van der Waals surface area contributed by atoms with Crippen molar-refractivity contribution in [1.29, 1.82) is 0 Å². The van der Waals surface area contributed by atoms with Gasteiger partial charge in [-0.15, -0.1) is 17.0 Å². The Kier molecular flexibility index (Phi) is 16.8. The number of rotatable bonds is 1. The van der Waals surface area contributed by atoms with Crippen molar-refractivity contribution in [1.82, 2.24) is 0 Å². The molecule has 1 fully saturated rings. The number of halogens is 2. The summed E-state index contributed by atoms with van der Waals surface area (Å²) in [6, 6.07) is 0. The molecular formula is C6H10Br2O6. The molecule has 0 unspecified atom stereocenters. The molecule has 0 aromatic carbocycles. The summed E-state index contributed by atoms with van der Waals surface area (Å²) in [6.45, 7) is 1.43. The molecule has 0 aromatic rings. The number of cyclic esters (lactones) is 1. The van der Waals surface area contributed by atoms with Crippen LogP contribution in [-0.2, 0) is 19.1 Å². The van der Waals surface area contributed by atoms with E-state index in [1.807, 2.05) is 0 Å². The molecular weight excluding hydrogens is 328 g/mol. The Morgan fingerprint density at radius 3 is 1.64 bits per heavy atom. The van der Waals surface area contributed by atoms with Crippen LogP contribution in [-0.4, -0.2) is 40.1 Å². The molecule has 1 aliphatic heterocycles. The average molecular weight is 338 g/mol. The molecule has 1 saturated heterocycles. The lowest BCUT2D eigenvalue weighted by atomic mass is 10.8. The van der Waals surface area contributed by atoms with Crippen molar-refractivity contribution in [2.45, 2.75) is 6.92 Å². The summed E-state index contributed by atoms with van der Waals surface area (Å²) in [5.41, 5.74) is 0. The van der Waals surface area contributed by atoms with Gasteiger partial charge in [0, 0.05) is 6.92 Å². The van der Waals surface area contributed by atoms with Crippen molar-refractivity contribution in [2.24, 2.45) is 0 Å². The topological polar surface area (TPSA) is 104 Å². The molecule has 8 heteroatoms. The normalized spacial score (nSPS) is 10.0. The molecule has 0 atom stereocenters. The first-order valence-electron chi connectivity index (χ1n) is 3.03. The van der Waals surface area contributed by atoms with Crippen LogP contribution in [0.3, 0.4) is 0 Å². The van der Waals surface area contributed by atoms with E-state index < -0.39 is 11.9 Å². The van der Waals surface area contributed by atoms with E-state index in [1.165, 1.54) is 0 Å². The Morgan fingerprint density at radius 1 is 1.50 bits per heavy atom. The van der Waals surface area contributed by atoms with Crippen molar-refractivity contribution >= 4 is 50.8 Å². The number of ether oxygens (including phenoxy) is 1. The zero-order valence-electron chi connectivity index (χ0n) is 7.23. The fraction of sp³-hybridized carbons (Fsp3) is 0.500.